The highest BCUT2D eigenvalue weighted by Crippen LogP contribution is 2.26. The van der Waals surface area contributed by atoms with E-state index >= 15 is 0 Å². The van der Waals surface area contributed by atoms with Crippen molar-refractivity contribution < 1.29 is 22.8 Å². The smallest absolute Gasteiger partial charge is 0.292 e. The number of rotatable bonds is 4. The first kappa shape index (κ1) is 15.8. The van der Waals surface area contributed by atoms with Crippen molar-refractivity contribution in [3.8, 4) is 0 Å². The average molecular weight is 318 g/mol. The fraction of sp³-hybridized carbons (Fsp3) is 0.500. The molecular weight excluding hydrogens is 303 g/mol. The minimum absolute atomic E-state index is 0.386. The third-order valence-electron chi connectivity index (χ3n) is 3.43. The number of hydrogen-bond donors (Lipinski definition) is 2. The van der Waals surface area contributed by atoms with Gasteiger partial charge in [0.05, 0.1) is 17.1 Å². The van der Waals surface area contributed by atoms with E-state index in [1.165, 1.54) is 0 Å². The van der Waals surface area contributed by atoms with E-state index in [2.05, 4.69) is 4.72 Å². The van der Waals surface area contributed by atoms with Gasteiger partial charge in [-0.25, -0.2) is 17.5 Å². The topological polar surface area (TPSA) is 110 Å². The van der Waals surface area contributed by atoms with E-state index in [4.69, 9.17) is 0 Å². The molecule has 1 aromatic rings. The standard InChI is InChI=1S/C12H15FN2O5S/c13-8-1-6-12(11(7-8)15(17)18)21(19,20)14-9-2-4-10(16)5-3-9/h1,6-7,9-10,14,16H,2-5H2. The summed E-state index contributed by atoms with van der Waals surface area (Å²) in [5.41, 5.74) is -0.793. The van der Waals surface area contributed by atoms with Crippen molar-refractivity contribution in [2.24, 2.45) is 0 Å². The molecular formula is C12H15FN2O5S. The van der Waals surface area contributed by atoms with E-state index in [1.54, 1.807) is 0 Å². The molecule has 1 aliphatic carbocycles. The largest absolute Gasteiger partial charge is 0.393 e. The van der Waals surface area contributed by atoms with Gasteiger partial charge in [0.15, 0.2) is 4.90 Å². The molecule has 1 aromatic carbocycles. The van der Waals surface area contributed by atoms with Gasteiger partial charge in [0.2, 0.25) is 10.0 Å². The Bertz CT molecular complexity index is 641. The lowest BCUT2D eigenvalue weighted by Gasteiger charge is -2.25. The Morgan fingerprint density at radius 3 is 2.48 bits per heavy atom. The highest BCUT2D eigenvalue weighted by molar-refractivity contribution is 7.89. The summed E-state index contributed by atoms with van der Waals surface area (Å²) in [7, 11) is -4.11. The van der Waals surface area contributed by atoms with Crippen LogP contribution in [-0.2, 0) is 10.0 Å². The van der Waals surface area contributed by atoms with Crippen LogP contribution >= 0.6 is 0 Å². The van der Waals surface area contributed by atoms with Crippen molar-refractivity contribution in [3.05, 3.63) is 34.1 Å². The number of sulfonamides is 1. The molecule has 0 unspecified atom stereocenters. The van der Waals surface area contributed by atoms with Crippen molar-refractivity contribution >= 4 is 15.7 Å². The maximum atomic E-state index is 13.0. The quantitative estimate of drug-likeness (QED) is 0.642. The van der Waals surface area contributed by atoms with Gasteiger partial charge in [0, 0.05) is 6.04 Å². The fourth-order valence-electron chi connectivity index (χ4n) is 2.34. The molecule has 9 heteroatoms. The van der Waals surface area contributed by atoms with Crippen molar-refractivity contribution in [1.29, 1.82) is 0 Å². The van der Waals surface area contributed by atoms with Crippen molar-refractivity contribution in [2.45, 2.75) is 42.7 Å². The molecule has 1 fully saturated rings. The van der Waals surface area contributed by atoms with Crippen LogP contribution in [0.3, 0.4) is 0 Å². The van der Waals surface area contributed by atoms with Crippen molar-refractivity contribution in [3.63, 3.8) is 0 Å². The first-order valence-electron chi connectivity index (χ1n) is 6.44. The number of aliphatic hydroxyl groups is 1. The molecule has 0 heterocycles. The molecule has 0 saturated heterocycles. The van der Waals surface area contributed by atoms with E-state index in [1.807, 2.05) is 0 Å². The molecule has 0 atom stereocenters. The molecule has 2 rings (SSSR count). The minimum atomic E-state index is -4.11. The lowest BCUT2D eigenvalue weighted by Crippen LogP contribution is -2.38. The maximum Gasteiger partial charge on any atom is 0.292 e. The van der Waals surface area contributed by atoms with E-state index in [-0.39, 0.29) is 6.04 Å². The lowest BCUT2D eigenvalue weighted by molar-refractivity contribution is -0.388. The summed E-state index contributed by atoms with van der Waals surface area (Å²) in [4.78, 5) is 9.39. The van der Waals surface area contributed by atoms with Crippen LogP contribution in [0, 0.1) is 15.9 Å². The van der Waals surface area contributed by atoms with Crippen LogP contribution < -0.4 is 4.72 Å². The second kappa shape index (κ2) is 6.04. The molecule has 0 aliphatic heterocycles. The predicted octanol–water partition coefficient (Wildman–Crippen LogP) is 1.32. The summed E-state index contributed by atoms with van der Waals surface area (Å²) in [5, 5.41) is 20.3. The van der Waals surface area contributed by atoms with Gasteiger partial charge in [0.1, 0.15) is 5.82 Å². The van der Waals surface area contributed by atoms with Gasteiger partial charge in [-0.3, -0.25) is 10.1 Å². The number of nitro groups is 1. The second-order valence-electron chi connectivity index (χ2n) is 5.00. The predicted molar refractivity (Wildman–Crippen MR) is 71.6 cm³/mol. The first-order chi connectivity index (χ1) is 9.79. The third kappa shape index (κ3) is 3.74. The van der Waals surface area contributed by atoms with Crippen LogP contribution in [0.15, 0.2) is 23.1 Å². The third-order valence-corrected chi connectivity index (χ3v) is 4.99. The molecule has 1 saturated carbocycles. The summed E-state index contributed by atoms with van der Waals surface area (Å²) in [6.07, 6.45) is 1.41. The number of hydrogen-bond acceptors (Lipinski definition) is 5. The van der Waals surface area contributed by atoms with Crippen LogP contribution in [-0.4, -0.2) is 30.6 Å². The molecule has 1 aliphatic rings. The molecule has 2 N–H and O–H groups in total. The van der Waals surface area contributed by atoms with Gasteiger partial charge >= 0.3 is 0 Å². The zero-order chi connectivity index (χ0) is 15.6. The number of aliphatic hydroxyl groups excluding tert-OH is 1. The zero-order valence-corrected chi connectivity index (χ0v) is 11.8. The average Bonchev–Trinajstić information content (AvgIpc) is 2.40. The maximum absolute atomic E-state index is 13.0. The van der Waals surface area contributed by atoms with Crippen LogP contribution in [0.2, 0.25) is 0 Å². The number of nitrogens with one attached hydrogen (secondary N) is 1. The molecule has 21 heavy (non-hydrogen) atoms. The normalized spacial score (nSPS) is 23.0. The Balaban J connectivity index is 2.25. The van der Waals surface area contributed by atoms with Gasteiger partial charge in [-0.15, -0.1) is 0 Å². The van der Waals surface area contributed by atoms with Gasteiger partial charge in [-0.05, 0) is 37.8 Å². The van der Waals surface area contributed by atoms with Gasteiger partial charge < -0.3 is 5.11 Å². The van der Waals surface area contributed by atoms with E-state index in [0.717, 1.165) is 12.1 Å². The first-order valence-corrected chi connectivity index (χ1v) is 7.92. The molecule has 116 valence electrons. The Labute approximate surface area is 121 Å². The Kier molecular flexibility index (Phi) is 4.55. The van der Waals surface area contributed by atoms with Crippen molar-refractivity contribution in [2.75, 3.05) is 0 Å². The number of halogens is 1. The Hall–Kier alpha value is -1.58. The molecule has 0 radical (unpaired) electrons. The summed E-state index contributed by atoms with van der Waals surface area (Å²) >= 11 is 0. The van der Waals surface area contributed by atoms with Crippen LogP contribution in [0.1, 0.15) is 25.7 Å². The number of nitro benzene ring substituents is 1. The Morgan fingerprint density at radius 1 is 1.29 bits per heavy atom. The van der Waals surface area contributed by atoms with Gasteiger partial charge in [0.25, 0.3) is 5.69 Å². The highest BCUT2D eigenvalue weighted by atomic mass is 32.2. The number of benzene rings is 1. The molecule has 0 bridgehead atoms. The minimum Gasteiger partial charge on any atom is -0.393 e. The van der Waals surface area contributed by atoms with Gasteiger partial charge in [-0.2, -0.15) is 0 Å². The van der Waals surface area contributed by atoms with E-state index in [9.17, 15) is 28.0 Å². The fourth-order valence-corrected chi connectivity index (χ4v) is 3.79. The van der Waals surface area contributed by atoms with Crippen LogP contribution in [0.5, 0.6) is 0 Å². The summed E-state index contributed by atoms with van der Waals surface area (Å²) < 4.78 is 39.9. The Morgan fingerprint density at radius 2 is 1.90 bits per heavy atom. The SMILES string of the molecule is O=[N+]([O-])c1cc(F)ccc1S(=O)(=O)NC1CCC(O)CC1. The lowest BCUT2D eigenvalue weighted by atomic mass is 9.94. The van der Waals surface area contributed by atoms with Crippen LogP contribution in [0.25, 0.3) is 0 Å². The molecule has 0 aromatic heterocycles. The van der Waals surface area contributed by atoms with E-state index in [0.29, 0.717) is 31.7 Å². The summed E-state index contributed by atoms with van der Waals surface area (Å²) in [5.74, 6) is -0.874. The van der Waals surface area contributed by atoms with E-state index < -0.39 is 37.5 Å². The van der Waals surface area contributed by atoms with Crippen LogP contribution in [0.4, 0.5) is 10.1 Å². The second-order valence-corrected chi connectivity index (χ2v) is 6.68. The molecule has 0 spiro atoms. The monoisotopic (exact) mass is 318 g/mol. The number of nitrogens with zero attached hydrogens (tertiary/aromatic N) is 1. The highest BCUT2D eigenvalue weighted by Gasteiger charge is 2.30. The summed E-state index contributed by atoms with van der Waals surface area (Å²) in [6, 6.07) is 1.95. The molecule has 0 amide bonds. The zero-order valence-electron chi connectivity index (χ0n) is 11.0. The van der Waals surface area contributed by atoms with Gasteiger partial charge in [-0.1, -0.05) is 0 Å². The summed E-state index contributed by atoms with van der Waals surface area (Å²) in [6.45, 7) is 0. The molecule has 7 nitrogen and oxygen atoms in total. The van der Waals surface area contributed by atoms with Crippen molar-refractivity contribution in [1.82, 2.24) is 4.72 Å².